The first-order valence-electron chi connectivity index (χ1n) is 12.9. The summed E-state index contributed by atoms with van der Waals surface area (Å²) in [5.74, 6) is -0.00566. The molecule has 0 saturated carbocycles. The molecular formula is C30H35NO8. The number of Topliss-reactive ketones (excluding diaryl/α,β-unsaturated/α-hetero) is 1. The fraction of sp³-hybridized carbons (Fsp3) is 0.400. The largest absolute Gasteiger partial charge is 0.504 e. The van der Waals surface area contributed by atoms with Gasteiger partial charge in [-0.15, -0.1) is 0 Å². The third-order valence-electron chi connectivity index (χ3n) is 7.13. The molecule has 0 aromatic heterocycles. The molecule has 2 aromatic carbocycles. The number of ether oxygens (including phenoxy) is 5. The summed E-state index contributed by atoms with van der Waals surface area (Å²) in [6, 6.07) is 10.6. The Morgan fingerprint density at radius 1 is 0.949 bits per heavy atom. The molecule has 39 heavy (non-hydrogen) atoms. The molecule has 4 rings (SSSR count). The summed E-state index contributed by atoms with van der Waals surface area (Å²) in [7, 11) is 4.62. The molecule has 2 aromatic rings. The van der Waals surface area contributed by atoms with Crippen LogP contribution in [0.15, 0.2) is 58.9 Å². The van der Waals surface area contributed by atoms with Gasteiger partial charge in [0.1, 0.15) is 6.61 Å². The molecule has 1 aliphatic heterocycles. The van der Waals surface area contributed by atoms with Gasteiger partial charge in [0.25, 0.3) is 0 Å². The number of phenols is 1. The maximum atomic E-state index is 13.8. The first-order valence-corrected chi connectivity index (χ1v) is 12.9. The number of dihydropyridines is 1. The van der Waals surface area contributed by atoms with Gasteiger partial charge in [-0.25, -0.2) is 4.79 Å². The summed E-state index contributed by atoms with van der Waals surface area (Å²) in [5, 5.41) is 13.9. The molecule has 0 spiro atoms. The number of aromatic hydroxyl groups is 1. The average molecular weight is 538 g/mol. The Bertz CT molecular complexity index is 1310. The minimum absolute atomic E-state index is 0.0798. The van der Waals surface area contributed by atoms with Crippen molar-refractivity contribution in [3.8, 4) is 23.0 Å². The Morgan fingerprint density at radius 3 is 2.31 bits per heavy atom. The molecular weight excluding hydrogens is 502 g/mol. The van der Waals surface area contributed by atoms with Crippen LogP contribution in [-0.2, 0) is 19.1 Å². The smallest absolute Gasteiger partial charge is 0.336 e. The van der Waals surface area contributed by atoms with Gasteiger partial charge in [0.05, 0.1) is 33.5 Å². The molecule has 0 bridgehead atoms. The fourth-order valence-electron chi connectivity index (χ4n) is 5.29. The second-order valence-corrected chi connectivity index (χ2v) is 9.40. The number of benzene rings is 2. The maximum absolute atomic E-state index is 13.8. The van der Waals surface area contributed by atoms with Gasteiger partial charge in [0.15, 0.2) is 28.8 Å². The lowest BCUT2D eigenvalue weighted by Gasteiger charge is -2.37. The summed E-state index contributed by atoms with van der Waals surface area (Å²) >= 11 is 0. The normalized spacial score (nSPS) is 18.8. The predicted molar refractivity (Wildman–Crippen MR) is 144 cm³/mol. The summed E-state index contributed by atoms with van der Waals surface area (Å²) < 4.78 is 26.9. The average Bonchev–Trinajstić information content (AvgIpc) is 2.93. The zero-order valence-electron chi connectivity index (χ0n) is 23.0. The quantitative estimate of drug-likeness (QED) is 0.337. The molecule has 9 nitrogen and oxygen atoms in total. The van der Waals surface area contributed by atoms with Crippen LogP contribution in [-0.4, -0.2) is 58.0 Å². The van der Waals surface area contributed by atoms with E-state index >= 15 is 0 Å². The van der Waals surface area contributed by atoms with Crippen LogP contribution in [0.4, 0.5) is 0 Å². The van der Waals surface area contributed by atoms with Crippen LogP contribution in [0.2, 0.25) is 0 Å². The number of allylic oxidation sites excluding steroid dienone is 3. The van der Waals surface area contributed by atoms with Crippen molar-refractivity contribution < 1.29 is 38.4 Å². The fourth-order valence-corrected chi connectivity index (χ4v) is 5.29. The Balaban J connectivity index is 1.74. The van der Waals surface area contributed by atoms with Crippen LogP contribution >= 0.6 is 0 Å². The Labute approximate surface area is 228 Å². The molecule has 2 N–H and O–H groups in total. The number of hydrogen-bond acceptors (Lipinski definition) is 9. The van der Waals surface area contributed by atoms with E-state index in [4.69, 9.17) is 23.7 Å². The van der Waals surface area contributed by atoms with Gasteiger partial charge in [0.2, 0.25) is 0 Å². The standard InChI is InChI=1S/C30H35NO8/c1-6-38-11-12-39-30(34)27-17(2)31-21-13-20(18-7-10-25(36-4)26(16-18)37-5)15-23(33)29(21)28(27)19-8-9-24(35-3)22(32)14-19/h7-10,14,16,20,28,31-32H,6,11-13,15H2,1-5H3. The Kier molecular flexibility index (Phi) is 8.81. The van der Waals surface area contributed by atoms with Crippen molar-refractivity contribution in [3.05, 3.63) is 70.1 Å². The molecule has 0 fully saturated rings. The zero-order valence-corrected chi connectivity index (χ0v) is 23.0. The highest BCUT2D eigenvalue weighted by Gasteiger charge is 2.41. The topological polar surface area (TPSA) is 113 Å². The Morgan fingerprint density at radius 2 is 1.64 bits per heavy atom. The van der Waals surface area contributed by atoms with Gasteiger partial charge in [0, 0.05) is 35.9 Å². The Hall–Kier alpha value is -3.98. The summed E-state index contributed by atoms with van der Waals surface area (Å²) in [6.45, 7) is 4.54. The van der Waals surface area contributed by atoms with Gasteiger partial charge in [-0.1, -0.05) is 12.1 Å². The van der Waals surface area contributed by atoms with E-state index in [0.717, 1.165) is 11.3 Å². The van der Waals surface area contributed by atoms with Crippen LogP contribution in [0, 0.1) is 0 Å². The van der Waals surface area contributed by atoms with Crippen LogP contribution in [0.25, 0.3) is 0 Å². The number of carbonyl (C=O) groups is 2. The number of nitrogens with one attached hydrogen (secondary N) is 1. The number of hydrogen-bond donors (Lipinski definition) is 2. The van der Waals surface area contributed by atoms with E-state index < -0.39 is 11.9 Å². The molecule has 208 valence electrons. The molecule has 2 atom stereocenters. The summed E-state index contributed by atoms with van der Waals surface area (Å²) in [4.78, 5) is 27.2. The number of methoxy groups -OCH3 is 3. The van der Waals surface area contributed by atoms with Crippen LogP contribution in [0.1, 0.15) is 49.7 Å². The van der Waals surface area contributed by atoms with E-state index in [1.165, 1.54) is 13.2 Å². The summed E-state index contributed by atoms with van der Waals surface area (Å²) in [6.07, 6.45) is 0.805. The maximum Gasteiger partial charge on any atom is 0.336 e. The van der Waals surface area contributed by atoms with Crippen LogP contribution < -0.4 is 19.5 Å². The molecule has 0 saturated heterocycles. The number of rotatable bonds is 10. The van der Waals surface area contributed by atoms with Gasteiger partial charge in [-0.2, -0.15) is 0 Å². The predicted octanol–water partition coefficient (Wildman–Crippen LogP) is 4.36. The van der Waals surface area contributed by atoms with Gasteiger partial charge < -0.3 is 34.1 Å². The lowest BCUT2D eigenvalue weighted by Crippen LogP contribution is -2.36. The van der Waals surface area contributed by atoms with Crippen molar-refractivity contribution in [2.45, 2.75) is 38.5 Å². The van der Waals surface area contributed by atoms with Crippen molar-refractivity contribution in [2.75, 3.05) is 41.2 Å². The highest BCUT2D eigenvalue weighted by Crippen LogP contribution is 2.47. The lowest BCUT2D eigenvalue weighted by atomic mass is 9.71. The number of phenolic OH excluding ortho intramolecular Hbond substituents is 1. The SMILES string of the molecule is CCOCCOC(=O)C1=C(C)NC2=C(C(=O)CC(c3ccc(OC)c(OC)c3)C2)C1c1ccc(OC)c(O)c1. The molecule has 2 aliphatic rings. The molecule has 1 heterocycles. The second-order valence-electron chi connectivity index (χ2n) is 9.40. The van der Waals surface area contributed by atoms with Crippen molar-refractivity contribution in [1.29, 1.82) is 0 Å². The van der Waals surface area contributed by atoms with Crippen LogP contribution in [0.5, 0.6) is 23.0 Å². The first-order chi connectivity index (χ1) is 18.8. The molecule has 0 radical (unpaired) electrons. The number of carbonyl (C=O) groups excluding carboxylic acids is 2. The minimum Gasteiger partial charge on any atom is -0.504 e. The van der Waals surface area contributed by atoms with E-state index in [0.29, 0.717) is 52.7 Å². The first kappa shape index (κ1) is 28.0. The van der Waals surface area contributed by atoms with Crippen molar-refractivity contribution in [2.24, 2.45) is 0 Å². The monoisotopic (exact) mass is 537 g/mol. The van der Waals surface area contributed by atoms with Gasteiger partial charge >= 0.3 is 5.97 Å². The van der Waals surface area contributed by atoms with E-state index in [-0.39, 0.29) is 37.1 Å². The number of ketones is 1. The van der Waals surface area contributed by atoms with Gasteiger partial charge in [-0.05, 0) is 61.6 Å². The summed E-state index contributed by atoms with van der Waals surface area (Å²) in [5.41, 5.74) is 3.71. The highest BCUT2D eigenvalue weighted by molar-refractivity contribution is 6.04. The molecule has 1 aliphatic carbocycles. The van der Waals surface area contributed by atoms with Crippen molar-refractivity contribution in [1.82, 2.24) is 5.32 Å². The third-order valence-corrected chi connectivity index (χ3v) is 7.13. The highest BCUT2D eigenvalue weighted by atomic mass is 16.6. The van der Waals surface area contributed by atoms with E-state index in [1.807, 2.05) is 25.1 Å². The molecule has 2 unspecified atom stereocenters. The van der Waals surface area contributed by atoms with Gasteiger partial charge in [-0.3, -0.25) is 4.79 Å². The number of esters is 1. The van der Waals surface area contributed by atoms with E-state index in [9.17, 15) is 14.7 Å². The lowest BCUT2D eigenvalue weighted by molar-refractivity contribution is -0.140. The van der Waals surface area contributed by atoms with E-state index in [1.54, 1.807) is 33.3 Å². The minimum atomic E-state index is -0.712. The molecule has 9 heteroatoms. The van der Waals surface area contributed by atoms with Crippen molar-refractivity contribution >= 4 is 11.8 Å². The van der Waals surface area contributed by atoms with Crippen molar-refractivity contribution in [3.63, 3.8) is 0 Å². The zero-order chi connectivity index (χ0) is 28.1. The second kappa shape index (κ2) is 12.3. The molecule has 0 amide bonds. The van der Waals surface area contributed by atoms with E-state index in [2.05, 4.69) is 5.32 Å². The van der Waals surface area contributed by atoms with Crippen LogP contribution in [0.3, 0.4) is 0 Å². The third kappa shape index (κ3) is 5.73.